The van der Waals surface area contributed by atoms with Crippen molar-refractivity contribution in [1.82, 2.24) is 25.3 Å². The first-order valence-electron chi connectivity index (χ1n) is 5.44. The molecule has 0 radical (unpaired) electrons. The van der Waals surface area contributed by atoms with Crippen molar-refractivity contribution in [2.45, 2.75) is 13.0 Å². The van der Waals surface area contributed by atoms with Crippen molar-refractivity contribution >= 4 is 12.2 Å². The fraction of sp³-hybridized carbons (Fsp3) is 0.273. The topological polar surface area (TPSA) is 66.5 Å². The molecule has 0 saturated heterocycles. The molecule has 2 aromatic heterocycles. The van der Waals surface area contributed by atoms with Crippen LogP contribution in [0.25, 0.3) is 11.5 Å². The van der Waals surface area contributed by atoms with Gasteiger partial charge in [0.1, 0.15) is 10.3 Å². The van der Waals surface area contributed by atoms with E-state index in [1.807, 2.05) is 0 Å². The standard InChI is InChI=1S/C11H11N5S/c17-11-7-5-12-2-1-8(7)15-10(16-11)9-6-13-3-4-14-9/h3-4,6,12H,1-2,5H2,(H,15,16,17). The van der Waals surface area contributed by atoms with Gasteiger partial charge in [-0.25, -0.2) is 9.97 Å². The Kier molecular flexibility index (Phi) is 2.66. The number of H-pyrrole nitrogens is 1. The Hall–Kier alpha value is -1.66. The number of rotatable bonds is 1. The normalized spacial score (nSPS) is 14.4. The zero-order chi connectivity index (χ0) is 11.7. The second-order valence-electron chi connectivity index (χ2n) is 3.87. The van der Waals surface area contributed by atoms with Gasteiger partial charge in [-0.2, -0.15) is 0 Å². The van der Waals surface area contributed by atoms with Crippen molar-refractivity contribution < 1.29 is 0 Å². The SMILES string of the molecule is S=c1nc(-c2cnccn2)[nH]c2c1CNCC2. The summed E-state index contributed by atoms with van der Waals surface area (Å²) < 4.78 is 0.645. The highest BCUT2D eigenvalue weighted by atomic mass is 32.1. The van der Waals surface area contributed by atoms with Gasteiger partial charge in [-0.1, -0.05) is 12.2 Å². The maximum absolute atomic E-state index is 5.31. The predicted octanol–water partition coefficient (Wildman–Crippen LogP) is 1.24. The molecule has 2 N–H and O–H groups in total. The lowest BCUT2D eigenvalue weighted by atomic mass is 10.1. The number of fused-ring (bicyclic) bond motifs is 1. The zero-order valence-corrected chi connectivity index (χ0v) is 9.92. The lowest BCUT2D eigenvalue weighted by Gasteiger charge is -2.17. The monoisotopic (exact) mass is 245 g/mol. The van der Waals surface area contributed by atoms with Crippen LogP contribution in [-0.2, 0) is 13.0 Å². The van der Waals surface area contributed by atoms with Gasteiger partial charge in [0.05, 0.1) is 6.20 Å². The highest BCUT2D eigenvalue weighted by molar-refractivity contribution is 7.71. The molecule has 17 heavy (non-hydrogen) atoms. The summed E-state index contributed by atoms with van der Waals surface area (Å²) in [5.74, 6) is 0.698. The van der Waals surface area contributed by atoms with Gasteiger partial charge in [-0.15, -0.1) is 0 Å². The smallest absolute Gasteiger partial charge is 0.159 e. The Balaban J connectivity index is 2.14. The van der Waals surface area contributed by atoms with Gasteiger partial charge in [0.25, 0.3) is 0 Å². The van der Waals surface area contributed by atoms with Crippen LogP contribution in [-0.4, -0.2) is 26.5 Å². The molecule has 0 aromatic carbocycles. The van der Waals surface area contributed by atoms with E-state index in [0.717, 1.165) is 36.5 Å². The summed E-state index contributed by atoms with van der Waals surface area (Å²) in [5, 5.41) is 3.29. The molecule has 3 rings (SSSR count). The molecule has 6 heteroatoms. The van der Waals surface area contributed by atoms with Crippen LogP contribution in [0.1, 0.15) is 11.3 Å². The van der Waals surface area contributed by atoms with Crippen molar-refractivity contribution in [1.29, 1.82) is 0 Å². The van der Waals surface area contributed by atoms with Gasteiger partial charge < -0.3 is 10.3 Å². The summed E-state index contributed by atoms with van der Waals surface area (Å²) in [5.41, 5.74) is 2.98. The zero-order valence-electron chi connectivity index (χ0n) is 9.10. The highest BCUT2D eigenvalue weighted by Crippen LogP contribution is 2.17. The minimum atomic E-state index is 0.645. The molecule has 1 aliphatic rings. The van der Waals surface area contributed by atoms with E-state index in [1.54, 1.807) is 18.6 Å². The van der Waals surface area contributed by atoms with Gasteiger partial charge in [0, 0.05) is 43.2 Å². The molecule has 2 aromatic rings. The molecular formula is C11H11N5S. The van der Waals surface area contributed by atoms with E-state index >= 15 is 0 Å². The van der Waals surface area contributed by atoms with Gasteiger partial charge >= 0.3 is 0 Å². The van der Waals surface area contributed by atoms with Crippen LogP contribution < -0.4 is 5.32 Å². The summed E-state index contributed by atoms with van der Waals surface area (Å²) >= 11 is 5.31. The Labute approximate surface area is 103 Å². The largest absolute Gasteiger partial charge is 0.341 e. The summed E-state index contributed by atoms with van der Waals surface area (Å²) in [7, 11) is 0. The molecule has 0 atom stereocenters. The van der Waals surface area contributed by atoms with E-state index in [1.165, 1.54) is 0 Å². The summed E-state index contributed by atoms with van der Waals surface area (Å²) in [6.07, 6.45) is 5.91. The van der Waals surface area contributed by atoms with Crippen LogP contribution in [0.2, 0.25) is 0 Å². The fourth-order valence-corrected chi connectivity index (χ4v) is 2.20. The molecule has 0 saturated carbocycles. The molecule has 86 valence electrons. The number of hydrogen-bond donors (Lipinski definition) is 2. The van der Waals surface area contributed by atoms with E-state index < -0.39 is 0 Å². The van der Waals surface area contributed by atoms with Crippen molar-refractivity contribution in [2.24, 2.45) is 0 Å². The Morgan fingerprint density at radius 1 is 1.29 bits per heavy atom. The van der Waals surface area contributed by atoms with Crippen LogP contribution in [0.15, 0.2) is 18.6 Å². The molecule has 0 amide bonds. The number of aromatic amines is 1. The molecule has 1 aliphatic heterocycles. The van der Waals surface area contributed by atoms with Gasteiger partial charge in [0.15, 0.2) is 5.82 Å². The number of aromatic nitrogens is 4. The van der Waals surface area contributed by atoms with E-state index in [2.05, 4.69) is 25.3 Å². The molecule has 0 bridgehead atoms. The fourth-order valence-electron chi connectivity index (χ4n) is 1.91. The van der Waals surface area contributed by atoms with Crippen LogP contribution in [0.5, 0.6) is 0 Å². The van der Waals surface area contributed by atoms with E-state index in [9.17, 15) is 0 Å². The first-order valence-corrected chi connectivity index (χ1v) is 5.84. The van der Waals surface area contributed by atoms with E-state index in [-0.39, 0.29) is 0 Å². The van der Waals surface area contributed by atoms with Crippen LogP contribution >= 0.6 is 12.2 Å². The quantitative estimate of drug-likeness (QED) is 0.740. The second-order valence-corrected chi connectivity index (χ2v) is 4.25. The lowest BCUT2D eigenvalue weighted by molar-refractivity contribution is 0.624. The van der Waals surface area contributed by atoms with Crippen molar-refractivity contribution in [2.75, 3.05) is 6.54 Å². The average Bonchev–Trinajstić information content (AvgIpc) is 2.40. The Bertz CT molecular complexity index is 593. The maximum atomic E-state index is 5.31. The van der Waals surface area contributed by atoms with Crippen LogP contribution in [0.3, 0.4) is 0 Å². The van der Waals surface area contributed by atoms with E-state index in [4.69, 9.17) is 12.2 Å². The maximum Gasteiger partial charge on any atom is 0.159 e. The number of hydrogen-bond acceptors (Lipinski definition) is 5. The molecule has 0 spiro atoms. The summed E-state index contributed by atoms with van der Waals surface area (Å²) in [4.78, 5) is 15.9. The van der Waals surface area contributed by atoms with E-state index in [0.29, 0.717) is 10.5 Å². The van der Waals surface area contributed by atoms with Crippen molar-refractivity contribution in [3.05, 3.63) is 34.5 Å². The van der Waals surface area contributed by atoms with Gasteiger partial charge in [-0.3, -0.25) is 4.98 Å². The molecule has 0 aliphatic carbocycles. The first kappa shape index (κ1) is 10.5. The van der Waals surface area contributed by atoms with Gasteiger partial charge in [0.2, 0.25) is 0 Å². The number of nitrogens with one attached hydrogen (secondary N) is 2. The first-order chi connectivity index (χ1) is 8.34. The van der Waals surface area contributed by atoms with Crippen LogP contribution in [0, 0.1) is 4.64 Å². The molecule has 0 fully saturated rings. The minimum absolute atomic E-state index is 0.645. The Morgan fingerprint density at radius 3 is 3.06 bits per heavy atom. The molecule has 0 unspecified atom stereocenters. The highest BCUT2D eigenvalue weighted by Gasteiger charge is 2.13. The number of nitrogens with zero attached hydrogens (tertiary/aromatic N) is 3. The molecule has 3 heterocycles. The third-order valence-electron chi connectivity index (χ3n) is 2.76. The Morgan fingerprint density at radius 2 is 2.24 bits per heavy atom. The van der Waals surface area contributed by atoms with Crippen molar-refractivity contribution in [3.8, 4) is 11.5 Å². The average molecular weight is 245 g/mol. The third kappa shape index (κ3) is 1.96. The van der Waals surface area contributed by atoms with Crippen molar-refractivity contribution in [3.63, 3.8) is 0 Å². The lowest BCUT2D eigenvalue weighted by Crippen LogP contribution is -2.25. The van der Waals surface area contributed by atoms with Gasteiger partial charge in [-0.05, 0) is 0 Å². The van der Waals surface area contributed by atoms with Crippen LogP contribution in [0.4, 0.5) is 0 Å². The molecule has 5 nitrogen and oxygen atoms in total. The minimum Gasteiger partial charge on any atom is -0.341 e. The second kappa shape index (κ2) is 4.31. The summed E-state index contributed by atoms with van der Waals surface area (Å²) in [6.45, 7) is 1.75. The summed E-state index contributed by atoms with van der Waals surface area (Å²) in [6, 6.07) is 0. The third-order valence-corrected chi connectivity index (χ3v) is 3.10. The predicted molar refractivity (Wildman–Crippen MR) is 65.9 cm³/mol. The molecular weight excluding hydrogens is 234 g/mol.